The van der Waals surface area contributed by atoms with Crippen LogP contribution in [-0.4, -0.2) is 59.2 Å². The highest BCUT2D eigenvalue weighted by Gasteiger charge is 2.32. The molecule has 0 spiro atoms. The fourth-order valence-electron chi connectivity index (χ4n) is 3.53. The van der Waals surface area contributed by atoms with E-state index in [0.717, 1.165) is 5.56 Å². The Morgan fingerprint density at radius 3 is 2.26 bits per heavy atom. The molecule has 0 radical (unpaired) electrons. The van der Waals surface area contributed by atoms with E-state index in [9.17, 15) is 34.4 Å². The van der Waals surface area contributed by atoms with Crippen LogP contribution in [0.1, 0.15) is 36.8 Å². The van der Waals surface area contributed by atoms with E-state index in [-0.39, 0.29) is 31.9 Å². The zero-order valence-corrected chi connectivity index (χ0v) is 20.7. The number of rotatable bonds is 14. The number of nitrogens with one attached hydrogen (secondary N) is 2. The van der Waals surface area contributed by atoms with Crippen LogP contribution in [0, 0.1) is 10.1 Å². The number of esters is 1. The first kappa shape index (κ1) is 29.7. The van der Waals surface area contributed by atoms with Crippen LogP contribution in [-0.2, 0) is 30.5 Å². The average molecular weight is 531 g/mol. The molecule has 5 N–H and O–H groups in total. The van der Waals surface area contributed by atoms with Gasteiger partial charge in [-0.3, -0.25) is 24.5 Å². The Hall–Kier alpha value is -4.52. The second-order valence-electron chi connectivity index (χ2n) is 8.21. The smallest absolute Gasteiger partial charge is 0.407 e. The SMILES string of the molecule is CCOC(=O)C[C@H](c1ccc([N+](=O)[O-])cc1)[C@@H](NC(=O)C[C@@H](O)CNC(=O)OCc1ccccc1)C(N)=O. The first-order chi connectivity index (χ1) is 18.1. The van der Waals surface area contributed by atoms with Crippen LogP contribution in [0.2, 0.25) is 0 Å². The molecule has 2 aromatic carbocycles. The molecule has 0 unspecified atom stereocenters. The minimum Gasteiger partial charge on any atom is -0.466 e. The summed E-state index contributed by atoms with van der Waals surface area (Å²) >= 11 is 0. The zero-order chi connectivity index (χ0) is 28.1. The number of amides is 3. The Morgan fingerprint density at radius 2 is 1.68 bits per heavy atom. The summed E-state index contributed by atoms with van der Waals surface area (Å²) in [4.78, 5) is 59.3. The topological polar surface area (TPSA) is 200 Å². The summed E-state index contributed by atoms with van der Waals surface area (Å²) in [7, 11) is 0. The lowest BCUT2D eigenvalue weighted by Gasteiger charge is -2.26. The summed E-state index contributed by atoms with van der Waals surface area (Å²) < 4.78 is 9.98. The predicted molar refractivity (Wildman–Crippen MR) is 133 cm³/mol. The molecule has 204 valence electrons. The number of primary amides is 1. The molecule has 2 rings (SSSR count). The third-order valence-electron chi connectivity index (χ3n) is 5.37. The quantitative estimate of drug-likeness (QED) is 0.158. The Kier molecular flexibility index (Phi) is 11.6. The molecule has 13 heteroatoms. The number of nitrogens with zero attached hydrogens (tertiary/aromatic N) is 1. The van der Waals surface area contributed by atoms with Crippen molar-refractivity contribution in [2.75, 3.05) is 13.2 Å². The lowest BCUT2D eigenvalue weighted by atomic mass is 9.87. The number of nitro groups is 1. The van der Waals surface area contributed by atoms with E-state index in [4.69, 9.17) is 15.2 Å². The van der Waals surface area contributed by atoms with Crippen LogP contribution in [0.5, 0.6) is 0 Å². The number of non-ortho nitro benzene ring substituents is 1. The van der Waals surface area contributed by atoms with Gasteiger partial charge in [-0.2, -0.15) is 0 Å². The van der Waals surface area contributed by atoms with Gasteiger partial charge in [0.25, 0.3) is 5.69 Å². The first-order valence-electron chi connectivity index (χ1n) is 11.7. The number of aliphatic hydroxyl groups excluding tert-OH is 1. The molecule has 0 saturated carbocycles. The van der Waals surface area contributed by atoms with Crippen LogP contribution < -0.4 is 16.4 Å². The van der Waals surface area contributed by atoms with E-state index in [1.54, 1.807) is 31.2 Å². The normalized spacial score (nSPS) is 12.9. The molecular weight excluding hydrogens is 500 g/mol. The summed E-state index contributed by atoms with van der Waals surface area (Å²) in [5.74, 6) is -3.42. The fraction of sp³-hybridized carbons (Fsp3) is 0.360. The second kappa shape index (κ2) is 14.9. The number of hydrogen-bond acceptors (Lipinski definition) is 9. The molecule has 0 heterocycles. The summed E-state index contributed by atoms with van der Waals surface area (Å²) in [6.45, 7) is 1.39. The van der Waals surface area contributed by atoms with Gasteiger partial charge in [0, 0.05) is 24.6 Å². The molecule has 2 aromatic rings. The van der Waals surface area contributed by atoms with Gasteiger partial charge >= 0.3 is 12.1 Å². The molecular formula is C25H30N4O9. The standard InChI is InChI=1S/C25H30N4O9/c1-2-37-22(32)13-20(17-8-10-18(11-9-17)29(35)36)23(24(26)33)28-21(31)12-19(30)14-27-25(34)38-15-16-6-4-3-5-7-16/h3-11,19-20,23,30H,2,12-15H2,1H3,(H2,26,33)(H,27,34)(H,28,31)/t19-,20-,23-/m1/s1. The highest BCUT2D eigenvalue weighted by Crippen LogP contribution is 2.26. The summed E-state index contributed by atoms with van der Waals surface area (Å²) in [6.07, 6.45) is -2.97. The molecule has 3 atom stereocenters. The van der Waals surface area contributed by atoms with Crippen LogP contribution in [0.25, 0.3) is 0 Å². The maximum Gasteiger partial charge on any atom is 0.407 e. The summed E-state index contributed by atoms with van der Waals surface area (Å²) in [6, 6.07) is 12.6. The van der Waals surface area contributed by atoms with Crippen molar-refractivity contribution in [3.05, 3.63) is 75.8 Å². The third-order valence-corrected chi connectivity index (χ3v) is 5.37. The van der Waals surface area contributed by atoms with E-state index in [1.807, 2.05) is 6.07 Å². The number of ether oxygens (including phenoxy) is 2. The van der Waals surface area contributed by atoms with Crippen molar-refractivity contribution in [1.82, 2.24) is 10.6 Å². The molecule has 0 saturated heterocycles. The zero-order valence-electron chi connectivity index (χ0n) is 20.7. The molecule has 0 aliphatic carbocycles. The molecule has 38 heavy (non-hydrogen) atoms. The van der Waals surface area contributed by atoms with Crippen molar-refractivity contribution in [1.29, 1.82) is 0 Å². The van der Waals surface area contributed by atoms with E-state index < -0.39 is 53.3 Å². The average Bonchev–Trinajstić information content (AvgIpc) is 2.89. The van der Waals surface area contributed by atoms with E-state index in [1.165, 1.54) is 24.3 Å². The van der Waals surface area contributed by atoms with Gasteiger partial charge < -0.3 is 30.9 Å². The van der Waals surface area contributed by atoms with Crippen LogP contribution >= 0.6 is 0 Å². The first-order valence-corrected chi connectivity index (χ1v) is 11.7. The monoisotopic (exact) mass is 530 g/mol. The molecule has 13 nitrogen and oxygen atoms in total. The number of benzene rings is 2. The number of alkyl carbamates (subject to hydrolysis) is 1. The molecule has 0 fully saturated rings. The van der Waals surface area contributed by atoms with Gasteiger partial charge in [-0.15, -0.1) is 0 Å². The highest BCUT2D eigenvalue weighted by atomic mass is 16.6. The van der Waals surface area contributed by atoms with Gasteiger partial charge in [0.1, 0.15) is 12.6 Å². The third kappa shape index (κ3) is 9.85. The number of nitro benzene ring substituents is 1. The van der Waals surface area contributed by atoms with Gasteiger partial charge in [-0.05, 0) is 18.1 Å². The number of carbonyl (C=O) groups excluding carboxylic acids is 4. The van der Waals surface area contributed by atoms with Gasteiger partial charge in [0.2, 0.25) is 11.8 Å². The van der Waals surface area contributed by atoms with Gasteiger partial charge in [0.15, 0.2) is 0 Å². The number of nitrogens with two attached hydrogens (primary N) is 1. The predicted octanol–water partition coefficient (Wildman–Crippen LogP) is 1.28. The van der Waals surface area contributed by atoms with Gasteiger partial charge in [0.05, 0.1) is 30.5 Å². The molecule has 0 bridgehead atoms. The summed E-state index contributed by atoms with van der Waals surface area (Å²) in [5, 5.41) is 25.9. The number of aliphatic hydroxyl groups is 1. The Bertz CT molecular complexity index is 1110. The lowest BCUT2D eigenvalue weighted by Crippen LogP contribution is -2.49. The van der Waals surface area contributed by atoms with Crippen LogP contribution in [0.3, 0.4) is 0 Å². The van der Waals surface area contributed by atoms with Crippen LogP contribution in [0.4, 0.5) is 10.5 Å². The molecule has 0 aliphatic heterocycles. The largest absolute Gasteiger partial charge is 0.466 e. The van der Waals surface area contributed by atoms with E-state index in [2.05, 4.69) is 10.6 Å². The maximum atomic E-state index is 12.6. The molecule has 0 aliphatic rings. The van der Waals surface area contributed by atoms with Crippen molar-refractivity contribution in [3.8, 4) is 0 Å². The van der Waals surface area contributed by atoms with E-state index >= 15 is 0 Å². The van der Waals surface area contributed by atoms with Crippen molar-refractivity contribution in [2.24, 2.45) is 5.73 Å². The van der Waals surface area contributed by atoms with E-state index in [0.29, 0.717) is 5.56 Å². The lowest BCUT2D eigenvalue weighted by molar-refractivity contribution is -0.384. The van der Waals surface area contributed by atoms with Crippen molar-refractivity contribution in [2.45, 2.75) is 44.4 Å². The summed E-state index contributed by atoms with van der Waals surface area (Å²) in [5.41, 5.74) is 6.40. The van der Waals surface area contributed by atoms with Crippen molar-refractivity contribution >= 4 is 29.6 Å². The van der Waals surface area contributed by atoms with Crippen LogP contribution in [0.15, 0.2) is 54.6 Å². The van der Waals surface area contributed by atoms with Crippen molar-refractivity contribution < 1.29 is 38.7 Å². The Labute approximate surface area is 218 Å². The number of carbonyl (C=O) groups is 4. The second-order valence-corrected chi connectivity index (χ2v) is 8.21. The maximum absolute atomic E-state index is 12.6. The minimum atomic E-state index is -1.40. The fourth-order valence-corrected chi connectivity index (χ4v) is 3.53. The van der Waals surface area contributed by atoms with Gasteiger partial charge in [-0.1, -0.05) is 42.5 Å². The van der Waals surface area contributed by atoms with Gasteiger partial charge in [-0.25, -0.2) is 4.79 Å². The minimum absolute atomic E-state index is 0.0219. The molecule has 0 aromatic heterocycles. The number of hydrogen-bond donors (Lipinski definition) is 4. The Balaban J connectivity index is 2.00. The van der Waals surface area contributed by atoms with Crippen molar-refractivity contribution in [3.63, 3.8) is 0 Å². The molecule has 3 amide bonds. The highest BCUT2D eigenvalue weighted by molar-refractivity contribution is 5.88. The Morgan fingerprint density at radius 1 is 1.03 bits per heavy atom.